The fourth-order valence-corrected chi connectivity index (χ4v) is 4.20. The number of rotatable bonds is 7. The van der Waals surface area contributed by atoms with Gasteiger partial charge in [-0.25, -0.2) is 0 Å². The van der Waals surface area contributed by atoms with Crippen molar-refractivity contribution in [3.05, 3.63) is 58.9 Å². The minimum absolute atomic E-state index is 0.139. The van der Waals surface area contributed by atoms with Crippen LogP contribution in [0.15, 0.2) is 36.4 Å². The Hall–Kier alpha value is -2.11. The van der Waals surface area contributed by atoms with E-state index < -0.39 is 0 Å². The molecule has 2 aromatic rings. The number of aryl methyl sites for hydroxylation is 1. The number of likely N-dealkylation sites (tertiary alicyclic amines) is 1. The molecule has 5 nitrogen and oxygen atoms in total. The van der Waals surface area contributed by atoms with Crippen molar-refractivity contribution in [1.82, 2.24) is 9.47 Å². The second-order valence-electron chi connectivity index (χ2n) is 7.75. The van der Waals surface area contributed by atoms with Crippen LogP contribution in [0, 0.1) is 13.8 Å². The minimum Gasteiger partial charge on any atom is -0.378 e. The number of nitrogens with two attached hydrogens (primary N) is 1. The molecule has 1 fully saturated rings. The normalized spacial score (nSPS) is 16.4. The predicted molar refractivity (Wildman–Crippen MR) is 113 cm³/mol. The molecule has 1 aromatic heterocycles. The first kappa shape index (κ1) is 20.6. The highest BCUT2D eigenvalue weighted by atomic mass is 16.5. The number of carbonyl (C=O) groups excluding carboxylic acids is 1. The van der Waals surface area contributed by atoms with Crippen molar-refractivity contribution in [2.75, 3.05) is 26.2 Å². The standard InChI is InChI=1S/C23H33N3O2/c1-17-16-22(19(3)26(17)18(2)20-8-5-4-6-9-20)23(27)25-13-10-21(11-14-25)28-15-7-12-24/h4-6,8-9,16,18,21H,7,10-15,24H2,1-3H3. The molecule has 0 aliphatic carbocycles. The lowest BCUT2D eigenvalue weighted by atomic mass is 10.1. The van der Waals surface area contributed by atoms with E-state index in [1.54, 1.807) is 0 Å². The summed E-state index contributed by atoms with van der Waals surface area (Å²) in [7, 11) is 0. The van der Waals surface area contributed by atoms with Gasteiger partial charge in [0.2, 0.25) is 0 Å². The molecule has 3 rings (SSSR count). The molecule has 2 N–H and O–H groups in total. The average molecular weight is 384 g/mol. The lowest BCUT2D eigenvalue weighted by Crippen LogP contribution is -2.41. The van der Waals surface area contributed by atoms with E-state index in [1.807, 2.05) is 17.0 Å². The largest absolute Gasteiger partial charge is 0.378 e. The molecule has 0 radical (unpaired) electrons. The number of ether oxygens (including phenoxy) is 1. The Bertz CT molecular complexity index is 777. The minimum atomic E-state index is 0.139. The topological polar surface area (TPSA) is 60.5 Å². The van der Waals surface area contributed by atoms with Crippen LogP contribution in [0.4, 0.5) is 0 Å². The van der Waals surface area contributed by atoms with E-state index in [9.17, 15) is 4.79 Å². The summed E-state index contributed by atoms with van der Waals surface area (Å²) < 4.78 is 8.13. The van der Waals surface area contributed by atoms with Gasteiger partial charge < -0.3 is 19.9 Å². The van der Waals surface area contributed by atoms with E-state index >= 15 is 0 Å². The predicted octanol–water partition coefficient (Wildman–Crippen LogP) is 3.68. The molecule has 0 spiro atoms. The summed E-state index contributed by atoms with van der Waals surface area (Å²) >= 11 is 0. The maximum atomic E-state index is 13.2. The third-order valence-electron chi connectivity index (χ3n) is 5.82. The van der Waals surface area contributed by atoms with Gasteiger partial charge in [-0.1, -0.05) is 30.3 Å². The van der Waals surface area contributed by atoms with Crippen molar-refractivity contribution in [2.45, 2.75) is 52.2 Å². The first-order valence-corrected chi connectivity index (χ1v) is 10.4. The van der Waals surface area contributed by atoms with Crippen molar-refractivity contribution in [3.63, 3.8) is 0 Å². The number of carbonyl (C=O) groups is 1. The van der Waals surface area contributed by atoms with Crippen molar-refractivity contribution in [2.24, 2.45) is 5.73 Å². The molecular formula is C23H33N3O2. The zero-order chi connectivity index (χ0) is 20.1. The highest BCUT2D eigenvalue weighted by Gasteiger charge is 2.27. The molecule has 28 heavy (non-hydrogen) atoms. The number of aromatic nitrogens is 1. The number of benzene rings is 1. The molecule has 1 aliphatic heterocycles. The Balaban J connectivity index is 1.69. The Kier molecular flexibility index (Phi) is 6.92. The van der Waals surface area contributed by atoms with E-state index in [4.69, 9.17) is 10.5 Å². The van der Waals surface area contributed by atoms with Crippen LogP contribution in [-0.4, -0.2) is 47.7 Å². The highest BCUT2D eigenvalue weighted by molar-refractivity contribution is 5.95. The smallest absolute Gasteiger partial charge is 0.255 e. The fraction of sp³-hybridized carbons (Fsp3) is 0.522. The van der Waals surface area contributed by atoms with Crippen LogP contribution in [0.25, 0.3) is 0 Å². The van der Waals surface area contributed by atoms with Gasteiger partial charge in [0.25, 0.3) is 5.91 Å². The van der Waals surface area contributed by atoms with Gasteiger partial charge in [-0.3, -0.25) is 4.79 Å². The molecule has 0 saturated carbocycles. The van der Waals surface area contributed by atoms with Gasteiger partial charge in [-0.2, -0.15) is 0 Å². The monoisotopic (exact) mass is 383 g/mol. The van der Waals surface area contributed by atoms with Crippen LogP contribution < -0.4 is 5.73 Å². The Morgan fingerprint density at radius 1 is 1.21 bits per heavy atom. The molecule has 1 atom stereocenters. The lowest BCUT2D eigenvalue weighted by Gasteiger charge is -2.32. The Morgan fingerprint density at radius 2 is 1.89 bits per heavy atom. The van der Waals surface area contributed by atoms with Gasteiger partial charge in [-0.15, -0.1) is 0 Å². The molecular weight excluding hydrogens is 350 g/mol. The average Bonchev–Trinajstić information content (AvgIpc) is 3.02. The summed E-state index contributed by atoms with van der Waals surface area (Å²) in [6.07, 6.45) is 2.94. The van der Waals surface area contributed by atoms with Crippen molar-refractivity contribution < 1.29 is 9.53 Å². The van der Waals surface area contributed by atoms with Gasteiger partial charge >= 0.3 is 0 Å². The van der Waals surface area contributed by atoms with Crippen LogP contribution in [0.1, 0.15) is 59.5 Å². The Morgan fingerprint density at radius 3 is 2.54 bits per heavy atom. The van der Waals surface area contributed by atoms with Crippen molar-refractivity contribution in [3.8, 4) is 0 Å². The Labute approximate surface area is 168 Å². The van der Waals surface area contributed by atoms with E-state index in [0.717, 1.165) is 49.3 Å². The SMILES string of the molecule is Cc1cc(C(=O)N2CCC(OCCCN)CC2)c(C)n1C(C)c1ccccc1. The summed E-state index contributed by atoms with van der Waals surface area (Å²) in [5.74, 6) is 0.139. The zero-order valence-electron chi connectivity index (χ0n) is 17.4. The summed E-state index contributed by atoms with van der Waals surface area (Å²) in [5.41, 5.74) is 9.76. The van der Waals surface area contributed by atoms with Crippen LogP contribution >= 0.6 is 0 Å². The number of piperidine rings is 1. The van der Waals surface area contributed by atoms with E-state index in [1.165, 1.54) is 5.56 Å². The van der Waals surface area contributed by atoms with Crippen LogP contribution in [-0.2, 0) is 4.74 Å². The molecule has 1 unspecified atom stereocenters. The zero-order valence-corrected chi connectivity index (χ0v) is 17.4. The van der Waals surface area contributed by atoms with Crippen molar-refractivity contribution in [1.29, 1.82) is 0 Å². The van der Waals surface area contributed by atoms with Gasteiger partial charge in [0, 0.05) is 31.1 Å². The maximum Gasteiger partial charge on any atom is 0.255 e. The van der Waals surface area contributed by atoms with Crippen LogP contribution in [0.3, 0.4) is 0 Å². The second-order valence-corrected chi connectivity index (χ2v) is 7.75. The van der Waals surface area contributed by atoms with Crippen LogP contribution in [0.2, 0.25) is 0 Å². The molecule has 152 valence electrons. The maximum absolute atomic E-state index is 13.2. The number of nitrogens with zero attached hydrogens (tertiary/aromatic N) is 2. The second kappa shape index (κ2) is 9.39. The molecule has 1 amide bonds. The summed E-state index contributed by atoms with van der Waals surface area (Å²) in [4.78, 5) is 15.1. The highest BCUT2D eigenvalue weighted by Crippen LogP contribution is 2.27. The fourth-order valence-electron chi connectivity index (χ4n) is 4.20. The number of amides is 1. The molecule has 2 heterocycles. The van der Waals surface area contributed by atoms with E-state index in [2.05, 4.69) is 49.6 Å². The van der Waals surface area contributed by atoms with E-state index in [-0.39, 0.29) is 18.1 Å². The van der Waals surface area contributed by atoms with Crippen LogP contribution in [0.5, 0.6) is 0 Å². The van der Waals surface area contributed by atoms with Gasteiger partial charge in [0.05, 0.1) is 17.7 Å². The number of hydrogen-bond acceptors (Lipinski definition) is 3. The van der Waals surface area contributed by atoms with Gasteiger partial charge in [0.1, 0.15) is 0 Å². The summed E-state index contributed by atoms with van der Waals surface area (Å²) in [6.45, 7) is 9.22. The quantitative estimate of drug-likeness (QED) is 0.742. The first-order chi connectivity index (χ1) is 13.5. The molecule has 1 saturated heterocycles. The number of hydrogen-bond donors (Lipinski definition) is 1. The molecule has 1 aromatic carbocycles. The van der Waals surface area contributed by atoms with Crippen molar-refractivity contribution >= 4 is 5.91 Å². The summed E-state index contributed by atoms with van der Waals surface area (Å²) in [5, 5.41) is 0. The molecule has 0 bridgehead atoms. The van der Waals surface area contributed by atoms with Gasteiger partial charge in [-0.05, 0) is 58.2 Å². The lowest BCUT2D eigenvalue weighted by molar-refractivity contribution is 0.00842. The molecule has 1 aliphatic rings. The third-order valence-corrected chi connectivity index (χ3v) is 5.82. The van der Waals surface area contributed by atoms with Gasteiger partial charge in [0.15, 0.2) is 0 Å². The molecule has 5 heteroatoms. The first-order valence-electron chi connectivity index (χ1n) is 10.4. The summed E-state index contributed by atoms with van der Waals surface area (Å²) in [6, 6.07) is 12.7. The third kappa shape index (κ3) is 4.47. The van der Waals surface area contributed by atoms with E-state index in [0.29, 0.717) is 13.2 Å².